The van der Waals surface area contributed by atoms with E-state index in [1.165, 1.54) is 23.7 Å². The minimum Gasteiger partial charge on any atom is -0.505 e. The number of aromatic nitrogens is 2. The molecule has 1 aromatic carbocycles. The van der Waals surface area contributed by atoms with Crippen LogP contribution >= 0.6 is 11.3 Å². The van der Waals surface area contributed by atoms with E-state index in [2.05, 4.69) is 15.2 Å². The summed E-state index contributed by atoms with van der Waals surface area (Å²) in [6.07, 6.45) is 2.97. The lowest BCUT2D eigenvalue weighted by atomic mass is 10.1. The molecule has 0 radical (unpaired) electrons. The van der Waals surface area contributed by atoms with Crippen LogP contribution in [-0.2, 0) is 13.7 Å². The predicted molar refractivity (Wildman–Crippen MR) is 90.5 cm³/mol. The number of rotatable bonds is 3. The molecule has 2 heterocycles. The number of thiazole rings is 1. The highest BCUT2D eigenvalue weighted by Gasteiger charge is 2.09. The van der Waals surface area contributed by atoms with E-state index in [4.69, 9.17) is 0 Å². The van der Waals surface area contributed by atoms with E-state index in [0.29, 0.717) is 16.8 Å². The lowest BCUT2D eigenvalue weighted by Gasteiger charge is -2.06. The Morgan fingerprint density at radius 1 is 1.35 bits per heavy atom. The molecule has 118 valence electrons. The second-order valence-electron chi connectivity index (χ2n) is 5.05. The number of hydrogen-bond donors (Lipinski definition) is 2. The highest BCUT2D eigenvalue weighted by Crippen LogP contribution is 2.22. The van der Waals surface area contributed by atoms with E-state index in [9.17, 15) is 10.2 Å². The van der Waals surface area contributed by atoms with Gasteiger partial charge in [0, 0.05) is 24.4 Å². The first-order valence-corrected chi connectivity index (χ1v) is 7.83. The third-order valence-electron chi connectivity index (χ3n) is 3.57. The molecule has 0 aliphatic heterocycles. The number of aliphatic hydroxyl groups is 1. The molecule has 0 aliphatic rings. The Bertz CT molecular complexity index is 956. The molecule has 2 N–H and O–H groups in total. The third-order valence-corrected chi connectivity index (χ3v) is 4.68. The van der Waals surface area contributed by atoms with Gasteiger partial charge in [-0.3, -0.25) is 4.98 Å². The van der Waals surface area contributed by atoms with E-state index in [1.807, 2.05) is 35.9 Å². The Morgan fingerprint density at radius 2 is 2.13 bits per heavy atom. The number of nitrogens with zero attached hydrogens (tertiary/aromatic N) is 4. The second kappa shape index (κ2) is 6.31. The first kappa shape index (κ1) is 15.4. The molecule has 3 aromatic rings. The van der Waals surface area contributed by atoms with Crippen molar-refractivity contribution in [2.45, 2.75) is 13.5 Å². The average molecular weight is 328 g/mol. The Kier molecular flexibility index (Phi) is 4.22. The Labute approximate surface area is 136 Å². The molecule has 0 unspecified atom stereocenters. The monoisotopic (exact) mass is 328 g/mol. The van der Waals surface area contributed by atoms with E-state index < -0.39 is 0 Å². The molecular weight excluding hydrogens is 312 g/mol. The van der Waals surface area contributed by atoms with Crippen molar-refractivity contribution in [1.82, 2.24) is 9.55 Å². The maximum atomic E-state index is 10.1. The molecule has 2 aromatic heterocycles. The van der Waals surface area contributed by atoms with Crippen LogP contribution in [0.2, 0.25) is 0 Å². The van der Waals surface area contributed by atoms with E-state index in [0.717, 1.165) is 15.0 Å². The van der Waals surface area contributed by atoms with Gasteiger partial charge in [-0.15, -0.1) is 5.10 Å². The van der Waals surface area contributed by atoms with Crippen LogP contribution in [0.1, 0.15) is 16.8 Å². The van der Waals surface area contributed by atoms with Crippen LogP contribution in [0.5, 0.6) is 5.75 Å². The van der Waals surface area contributed by atoms with Crippen molar-refractivity contribution < 1.29 is 10.2 Å². The lowest BCUT2D eigenvalue weighted by molar-refractivity contribution is 0.280. The second-order valence-corrected chi connectivity index (χ2v) is 6.05. The quantitative estimate of drug-likeness (QED) is 0.570. The Morgan fingerprint density at radius 3 is 2.87 bits per heavy atom. The summed E-state index contributed by atoms with van der Waals surface area (Å²) in [5.74, 6) is 0.0104. The van der Waals surface area contributed by atoms with Crippen LogP contribution in [0.3, 0.4) is 0 Å². The maximum Gasteiger partial charge on any atom is 0.211 e. The number of fused-ring (bicyclic) bond motifs is 1. The van der Waals surface area contributed by atoms with Crippen molar-refractivity contribution in [1.29, 1.82) is 0 Å². The van der Waals surface area contributed by atoms with E-state index >= 15 is 0 Å². The summed E-state index contributed by atoms with van der Waals surface area (Å²) in [6, 6.07) is 8.02. The standard InChI is InChI=1S/C16H16N4O2S/c1-10-15(22)12(11(9-21)7-17-10)8-18-19-16-20(2)13-5-3-4-6-14(13)23-16/h3-8,21-22H,9H2,1-2H3. The zero-order valence-electron chi connectivity index (χ0n) is 12.8. The highest BCUT2D eigenvalue weighted by atomic mass is 32.1. The summed E-state index contributed by atoms with van der Waals surface area (Å²) >= 11 is 1.53. The number of para-hydroxylation sites is 1. The first-order chi connectivity index (χ1) is 11.1. The van der Waals surface area contributed by atoms with Gasteiger partial charge in [0.2, 0.25) is 4.80 Å². The topological polar surface area (TPSA) is 83.0 Å². The molecule has 7 heteroatoms. The van der Waals surface area contributed by atoms with Gasteiger partial charge in [-0.1, -0.05) is 23.5 Å². The Balaban J connectivity index is 2.03. The average Bonchev–Trinajstić information content (AvgIpc) is 2.88. The van der Waals surface area contributed by atoms with Crippen molar-refractivity contribution in [2.24, 2.45) is 17.3 Å². The van der Waals surface area contributed by atoms with Gasteiger partial charge < -0.3 is 14.8 Å². The maximum absolute atomic E-state index is 10.1. The lowest BCUT2D eigenvalue weighted by Crippen LogP contribution is -2.09. The van der Waals surface area contributed by atoms with Gasteiger partial charge in [0.15, 0.2) is 0 Å². The molecule has 0 bridgehead atoms. The van der Waals surface area contributed by atoms with E-state index in [1.54, 1.807) is 6.92 Å². The molecule has 0 spiro atoms. The van der Waals surface area contributed by atoms with Crippen molar-refractivity contribution in [2.75, 3.05) is 0 Å². The summed E-state index contributed by atoms with van der Waals surface area (Å²) < 4.78 is 3.09. The van der Waals surface area contributed by atoms with Crippen LogP contribution < -0.4 is 4.80 Å². The van der Waals surface area contributed by atoms with Gasteiger partial charge in [-0.2, -0.15) is 5.10 Å². The summed E-state index contributed by atoms with van der Waals surface area (Å²) in [4.78, 5) is 4.76. The minimum atomic E-state index is -0.223. The fraction of sp³-hybridized carbons (Fsp3) is 0.188. The number of hydrogen-bond acceptors (Lipinski definition) is 6. The molecule has 0 saturated heterocycles. The molecule has 6 nitrogen and oxygen atoms in total. The van der Waals surface area contributed by atoms with Crippen LogP contribution in [0.15, 0.2) is 40.7 Å². The molecule has 3 rings (SSSR count). The minimum absolute atomic E-state index is 0.0104. The summed E-state index contributed by atoms with van der Waals surface area (Å²) in [5, 5.41) is 27.7. The molecule has 0 amide bonds. The Hall–Kier alpha value is -2.51. The van der Waals surface area contributed by atoms with Gasteiger partial charge in [0.05, 0.1) is 28.7 Å². The third kappa shape index (κ3) is 2.88. The molecule has 0 aliphatic carbocycles. The van der Waals surface area contributed by atoms with Crippen molar-refractivity contribution in [3.63, 3.8) is 0 Å². The summed E-state index contributed by atoms with van der Waals surface area (Å²) in [5.41, 5.74) is 2.52. The molecule has 23 heavy (non-hydrogen) atoms. The fourth-order valence-electron chi connectivity index (χ4n) is 2.24. The molecule has 0 fully saturated rings. The van der Waals surface area contributed by atoms with Crippen molar-refractivity contribution >= 4 is 27.8 Å². The number of pyridine rings is 1. The number of benzene rings is 1. The number of aliphatic hydroxyl groups excluding tert-OH is 1. The summed E-state index contributed by atoms with van der Waals surface area (Å²) in [7, 11) is 1.93. The van der Waals surface area contributed by atoms with Gasteiger partial charge in [0.1, 0.15) is 5.75 Å². The predicted octanol–water partition coefficient (Wildman–Crippen LogP) is 2.08. The van der Waals surface area contributed by atoms with Crippen molar-refractivity contribution in [3.05, 3.63) is 52.1 Å². The van der Waals surface area contributed by atoms with Gasteiger partial charge in [0.25, 0.3) is 0 Å². The molecule has 0 atom stereocenters. The SMILES string of the molecule is Cc1ncc(CO)c(C=NN=c2sc3ccccc3n2C)c1O. The van der Waals surface area contributed by atoms with Crippen LogP contribution in [0.4, 0.5) is 0 Å². The zero-order chi connectivity index (χ0) is 16.4. The van der Waals surface area contributed by atoms with Crippen molar-refractivity contribution in [3.8, 4) is 5.75 Å². The van der Waals surface area contributed by atoms with Gasteiger partial charge in [-0.25, -0.2) is 0 Å². The van der Waals surface area contributed by atoms with Gasteiger partial charge in [-0.05, 0) is 19.1 Å². The summed E-state index contributed by atoms with van der Waals surface area (Å²) in [6.45, 7) is 1.47. The zero-order valence-corrected chi connectivity index (χ0v) is 13.6. The number of aromatic hydroxyl groups is 1. The normalized spacial score (nSPS) is 12.6. The first-order valence-electron chi connectivity index (χ1n) is 7.01. The van der Waals surface area contributed by atoms with Gasteiger partial charge >= 0.3 is 0 Å². The van der Waals surface area contributed by atoms with Crippen LogP contribution in [0.25, 0.3) is 10.2 Å². The fourth-order valence-corrected chi connectivity index (χ4v) is 3.21. The van der Waals surface area contributed by atoms with Crippen LogP contribution in [0, 0.1) is 6.92 Å². The largest absolute Gasteiger partial charge is 0.505 e. The molecular formula is C16H16N4O2S. The van der Waals surface area contributed by atoms with Crippen LogP contribution in [-0.4, -0.2) is 26.0 Å². The highest BCUT2D eigenvalue weighted by molar-refractivity contribution is 7.16. The smallest absolute Gasteiger partial charge is 0.211 e. The number of aryl methyl sites for hydroxylation is 2. The molecule has 0 saturated carbocycles. The van der Waals surface area contributed by atoms with E-state index in [-0.39, 0.29) is 12.4 Å².